The molecule has 0 aliphatic carbocycles. The topological polar surface area (TPSA) is 50.3 Å². The van der Waals surface area contributed by atoms with Crippen LogP contribution in [0.15, 0.2) is 73.4 Å². The van der Waals surface area contributed by atoms with Gasteiger partial charge in [0, 0.05) is 19.3 Å². The largest absolute Gasteiger partial charge is 0.419 e. The number of sulfone groups is 1. The Bertz CT molecular complexity index is 1230. The minimum Gasteiger partial charge on any atom is -0.356 e. The van der Waals surface area contributed by atoms with E-state index in [1.807, 2.05) is 36.4 Å². The molecule has 32 heavy (non-hydrogen) atoms. The summed E-state index contributed by atoms with van der Waals surface area (Å²) in [6.07, 6.45) is -1.30. The summed E-state index contributed by atoms with van der Waals surface area (Å²) in [5.41, 5.74) is -0.161. The van der Waals surface area contributed by atoms with Crippen molar-refractivity contribution in [2.24, 2.45) is 0 Å². The molecule has 0 amide bonds. The fraction of sp³-hybridized carbons (Fsp3) is 0.292. The number of hydrogen-bond acceptors (Lipinski definition) is 4. The molecule has 0 spiro atoms. The van der Waals surface area contributed by atoms with E-state index in [0.29, 0.717) is 5.56 Å². The molecule has 1 aliphatic rings. The molecule has 2 aromatic carbocycles. The van der Waals surface area contributed by atoms with Gasteiger partial charge in [-0.2, -0.15) is 13.2 Å². The molecule has 4 nitrogen and oxygen atoms in total. The fourth-order valence-corrected chi connectivity index (χ4v) is 6.40. The van der Waals surface area contributed by atoms with Gasteiger partial charge in [-0.25, -0.2) is 13.4 Å². The van der Waals surface area contributed by atoms with Crippen LogP contribution < -0.4 is 4.90 Å². The summed E-state index contributed by atoms with van der Waals surface area (Å²) in [6, 6.07) is 15.5. The first-order valence-corrected chi connectivity index (χ1v) is 11.9. The summed E-state index contributed by atoms with van der Waals surface area (Å²) in [4.78, 5) is 5.45. The Morgan fingerprint density at radius 1 is 1.03 bits per heavy atom. The molecule has 1 fully saturated rings. The number of piperidine rings is 1. The van der Waals surface area contributed by atoms with Crippen molar-refractivity contribution in [2.45, 2.75) is 29.5 Å². The number of rotatable bonds is 5. The predicted molar refractivity (Wildman–Crippen MR) is 120 cm³/mol. The number of alkyl halides is 3. The van der Waals surface area contributed by atoms with E-state index in [2.05, 4.69) is 11.6 Å². The fourth-order valence-electron chi connectivity index (χ4n) is 4.32. The van der Waals surface area contributed by atoms with Crippen LogP contribution in [0.2, 0.25) is 0 Å². The van der Waals surface area contributed by atoms with E-state index in [-0.39, 0.29) is 31.7 Å². The highest BCUT2D eigenvalue weighted by atomic mass is 32.2. The van der Waals surface area contributed by atoms with Crippen molar-refractivity contribution >= 4 is 26.4 Å². The summed E-state index contributed by atoms with van der Waals surface area (Å²) in [6.45, 7) is 4.13. The third-order valence-electron chi connectivity index (χ3n) is 5.97. The van der Waals surface area contributed by atoms with Crippen LogP contribution in [-0.4, -0.2) is 31.7 Å². The van der Waals surface area contributed by atoms with Gasteiger partial charge in [-0.05, 0) is 47.4 Å². The molecule has 8 heteroatoms. The Morgan fingerprint density at radius 2 is 1.72 bits per heavy atom. The Kier molecular flexibility index (Phi) is 5.99. The molecule has 0 radical (unpaired) electrons. The van der Waals surface area contributed by atoms with Crippen LogP contribution in [0.5, 0.6) is 0 Å². The van der Waals surface area contributed by atoms with Crippen LogP contribution >= 0.6 is 0 Å². The highest BCUT2D eigenvalue weighted by Crippen LogP contribution is 2.38. The molecule has 4 rings (SSSR count). The van der Waals surface area contributed by atoms with Crippen LogP contribution in [0.3, 0.4) is 0 Å². The van der Waals surface area contributed by atoms with E-state index in [1.165, 1.54) is 23.2 Å². The highest BCUT2D eigenvalue weighted by molar-refractivity contribution is 7.92. The monoisotopic (exact) mass is 460 g/mol. The molecule has 0 saturated carbocycles. The van der Waals surface area contributed by atoms with Gasteiger partial charge in [-0.15, -0.1) is 6.58 Å². The van der Waals surface area contributed by atoms with Gasteiger partial charge in [0.2, 0.25) is 0 Å². The molecular weight excluding hydrogens is 437 g/mol. The number of halogens is 3. The number of fused-ring (bicyclic) bond motifs is 1. The zero-order valence-corrected chi connectivity index (χ0v) is 18.1. The average molecular weight is 461 g/mol. The minimum absolute atomic E-state index is 0.148. The number of benzene rings is 2. The van der Waals surface area contributed by atoms with Gasteiger partial charge in [0.15, 0.2) is 9.84 Å². The van der Waals surface area contributed by atoms with Gasteiger partial charge in [0.05, 0.1) is 10.8 Å². The molecule has 1 aromatic heterocycles. The van der Waals surface area contributed by atoms with E-state index in [0.717, 1.165) is 16.8 Å². The second-order valence-corrected chi connectivity index (χ2v) is 10.3. The van der Waals surface area contributed by atoms with Crippen molar-refractivity contribution in [3.05, 3.63) is 84.6 Å². The van der Waals surface area contributed by atoms with Crippen LogP contribution in [0.1, 0.15) is 29.2 Å². The van der Waals surface area contributed by atoms with Gasteiger partial charge in [0.1, 0.15) is 11.1 Å². The van der Waals surface area contributed by atoms with Gasteiger partial charge >= 0.3 is 6.18 Å². The number of anilines is 1. The van der Waals surface area contributed by atoms with Crippen molar-refractivity contribution in [2.75, 3.05) is 18.0 Å². The van der Waals surface area contributed by atoms with E-state index >= 15 is 0 Å². The summed E-state index contributed by atoms with van der Waals surface area (Å²) < 4.78 is 66.9. The highest BCUT2D eigenvalue weighted by Gasteiger charge is 2.39. The Labute approximate surface area is 185 Å². The van der Waals surface area contributed by atoms with Crippen molar-refractivity contribution in [3.63, 3.8) is 0 Å². The zero-order chi connectivity index (χ0) is 22.9. The average Bonchev–Trinajstić information content (AvgIpc) is 2.79. The first kappa shape index (κ1) is 22.3. The SMILES string of the molecule is C=CC(c1ccc2ccccc2c1)S(=O)(=O)C1CCN(c2ncccc2C(F)(F)F)CC1. The third-order valence-corrected chi connectivity index (χ3v) is 8.54. The predicted octanol–water partition coefficient (Wildman–Crippen LogP) is 5.56. The van der Waals surface area contributed by atoms with Crippen LogP contribution in [-0.2, 0) is 16.0 Å². The Balaban J connectivity index is 1.55. The lowest BCUT2D eigenvalue weighted by atomic mass is 10.0. The van der Waals surface area contributed by atoms with E-state index in [9.17, 15) is 21.6 Å². The molecule has 1 unspecified atom stereocenters. The quantitative estimate of drug-likeness (QED) is 0.468. The lowest BCUT2D eigenvalue weighted by Crippen LogP contribution is -2.41. The van der Waals surface area contributed by atoms with Gasteiger partial charge in [0.25, 0.3) is 0 Å². The van der Waals surface area contributed by atoms with Gasteiger partial charge < -0.3 is 4.90 Å². The third kappa shape index (κ3) is 4.24. The number of nitrogens with zero attached hydrogens (tertiary/aromatic N) is 2. The van der Waals surface area contributed by atoms with Gasteiger partial charge in [-0.1, -0.05) is 42.5 Å². The van der Waals surface area contributed by atoms with E-state index < -0.39 is 32.1 Å². The summed E-state index contributed by atoms with van der Waals surface area (Å²) in [5.74, 6) is -0.148. The second-order valence-electron chi connectivity index (χ2n) is 7.91. The van der Waals surface area contributed by atoms with E-state index in [4.69, 9.17) is 0 Å². The summed E-state index contributed by atoms with van der Waals surface area (Å²) >= 11 is 0. The molecule has 0 N–H and O–H groups in total. The molecule has 3 aromatic rings. The second kappa shape index (κ2) is 8.58. The Hall–Kier alpha value is -2.87. The molecule has 0 bridgehead atoms. The summed E-state index contributed by atoms with van der Waals surface area (Å²) in [5, 5.41) is 0.424. The lowest BCUT2D eigenvalue weighted by Gasteiger charge is -2.35. The molecule has 1 aliphatic heterocycles. The number of hydrogen-bond donors (Lipinski definition) is 0. The molecule has 1 saturated heterocycles. The van der Waals surface area contributed by atoms with Crippen molar-refractivity contribution in [1.82, 2.24) is 4.98 Å². The first-order valence-electron chi connectivity index (χ1n) is 10.3. The standard InChI is InChI=1S/C24H23F3N2O2S/c1-2-22(19-10-9-17-6-3-4-7-18(17)16-19)32(30,31)20-11-14-29(15-12-20)23-21(24(25,26)27)8-5-13-28-23/h2-10,13,16,20,22H,1,11-12,14-15H2. The molecular formula is C24H23F3N2O2S. The molecule has 1 atom stereocenters. The smallest absolute Gasteiger partial charge is 0.356 e. The first-order chi connectivity index (χ1) is 15.2. The zero-order valence-electron chi connectivity index (χ0n) is 17.3. The van der Waals surface area contributed by atoms with Crippen molar-refractivity contribution < 1.29 is 21.6 Å². The van der Waals surface area contributed by atoms with Crippen molar-refractivity contribution in [3.8, 4) is 0 Å². The lowest BCUT2D eigenvalue weighted by molar-refractivity contribution is -0.137. The maximum atomic E-state index is 13.4. The Morgan fingerprint density at radius 3 is 2.38 bits per heavy atom. The van der Waals surface area contributed by atoms with Crippen LogP contribution in [0.25, 0.3) is 10.8 Å². The number of pyridine rings is 1. The van der Waals surface area contributed by atoms with E-state index in [1.54, 1.807) is 6.07 Å². The minimum atomic E-state index is -4.52. The maximum Gasteiger partial charge on any atom is 0.419 e. The number of aromatic nitrogens is 1. The summed E-state index contributed by atoms with van der Waals surface area (Å²) in [7, 11) is -3.63. The molecule has 168 valence electrons. The van der Waals surface area contributed by atoms with Gasteiger partial charge in [-0.3, -0.25) is 0 Å². The normalized spacial score (nSPS) is 16.8. The van der Waals surface area contributed by atoms with Crippen LogP contribution in [0, 0.1) is 0 Å². The maximum absolute atomic E-state index is 13.4. The van der Waals surface area contributed by atoms with Crippen LogP contribution in [0.4, 0.5) is 19.0 Å². The van der Waals surface area contributed by atoms with Crippen molar-refractivity contribution in [1.29, 1.82) is 0 Å². The molecule has 2 heterocycles.